The van der Waals surface area contributed by atoms with E-state index >= 15 is 0 Å². The zero-order chi connectivity index (χ0) is 20.5. The molecule has 0 spiro atoms. The first-order chi connectivity index (χ1) is 13.1. The van der Waals surface area contributed by atoms with Gasteiger partial charge < -0.3 is 19.7 Å². The second-order valence-corrected chi connectivity index (χ2v) is 8.35. The van der Waals surface area contributed by atoms with Crippen LogP contribution in [-0.2, 0) is 25.6 Å². The molecule has 2 N–H and O–H groups in total. The van der Waals surface area contributed by atoms with E-state index in [1.807, 2.05) is 0 Å². The Hall–Kier alpha value is -2.58. The van der Waals surface area contributed by atoms with Gasteiger partial charge in [0.2, 0.25) is 5.91 Å². The molecule has 9 heteroatoms. The van der Waals surface area contributed by atoms with E-state index in [0.717, 1.165) is 12.0 Å². The molecule has 2 aliphatic rings. The van der Waals surface area contributed by atoms with Gasteiger partial charge in [-0.05, 0) is 47.0 Å². The third-order valence-electron chi connectivity index (χ3n) is 5.05. The number of carbonyl (C=O) groups excluding carboxylic acids is 3. The van der Waals surface area contributed by atoms with Crippen LogP contribution in [0.15, 0.2) is 6.20 Å². The minimum absolute atomic E-state index is 0.136. The quantitative estimate of drug-likeness (QED) is 0.756. The van der Waals surface area contributed by atoms with Crippen molar-refractivity contribution in [2.45, 2.75) is 70.6 Å². The Morgan fingerprint density at radius 2 is 2.07 bits per heavy atom. The number of esters is 1. The van der Waals surface area contributed by atoms with E-state index in [2.05, 4.69) is 15.5 Å². The maximum Gasteiger partial charge on any atom is 0.410 e. The first-order valence-electron chi connectivity index (χ1n) is 9.65. The SMILES string of the molecule is CCOC(=O)C1(NC(=O)C2CN(C(=O)OC(C)(C)C)Cc3c[nH]nc32)CCC1. The summed E-state index contributed by atoms with van der Waals surface area (Å²) in [6.07, 6.45) is 3.14. The molecule has 1 unspecified atom stereocenters. The number of aromatic nitrogens is 2. The standard InChI is InChI=1S/C19H28N4O5/c1-5-27-16(25)19(7-6-8-19)21-15(24)13-11-23(17(26)28-18(2,3)4)10-12-9-20-22-14(12)13/h9,13H,5-8,10-11H2,1-4H3,(H,20,22)(H,21,24). The highest BCUT2D eigenvalue weighted by molar-refractivity contribution is 5.92. The predicted molar refractivity (Wildman–Crippen MR) is 99.3 cm³/mol. The highest BCUT2D eigenvalue weighted by Gasteiger charge is 2.48. The minimum atomic E-state index is -0.974. The van der Waals surface area contributed by atoms with Crippen LogP contribution >= 0.6 is 0 Å². The molecule has 0 bridgehead atoms. The largest absolute Gasteiger partial charge is 0.464 e. The van der Waals surface area contributed by atoms with Crippen molar-refractivity contribution >= 4 is 18.0 Å². The second kappa shape index (κ2) is 7.44. The highest BCUT2D eigenvalue weighted by atomic mass is 16.6. The van der Waals surface area contributed by atoms with Crippen LogP contribution in [0.1, 0.15) is 64.1 Å². The summed E-state index contributed by atoms with van der Waals surface area (Å²) in [5, 5.41) is 9.84. The summed E-state index contributed by atoms with van der Waals surface area (Å²) < 4.78 is 10.6. The van der Waals surface area contributed by atoms with Crippen LogP contribution in [-0.4, -0.2) is 57.4 Å². The third-order valence-corrected chi connectivity index (χ3v) is 5.05. The average molecular weight is 392 g/mol. The number of fused-ring (bicyclic) bond motifs is 1. The van der Waals surface area contributed by atoms with Gasteiger partial charge in [-0.2, -0.15) is 5.10 Å². The lowest BCUT2D eigenvalue weighted by atomic mass is 9.76. The molecule has 154 valence electrons. The zero-order valence-electron chi connectivity index (χ0n) is 16.8. The van der Waals surface area contributed by atoms with E-state index in [4.69, 9.17) is 9.47 Å². The van der Waals surface area contributed by atoms with Gasteiger partial charge in [0.05, 0.1) is 18.8 Å². The molecule has 0 aromatic carbocycles. The molecule has 0 saturated heterocycles. The number of carbonyl (C=O) groups is 3. The van der Waals surface area contributed by atoms with Crippen molar-refractivity contribution in [3.63, 3.8) is 0 Å². The number of nitrogens with zero attached hydrogens (tertiary/aromatic N) is 2. The second-order valence-electron chi connectivity index (χ2n) is 8.35. The van der Waals surface area contributed by atoms with E-state index in [1.54, 1.807) is 33.9 Å². The Morgan fingerprint density at radius 3 is 2.64 bits per heavy atom. The van der Waals surface area contributed by atoms with E-state index < -0.39 is 29.1 Å². The number of aromatic amines is 1. The summed E-state index contributed by atoms with van der Waals surface area (Å²) in [5.41, 5.74) is -0.255. The lowest BCUT2D eigenvalue weighted by molar-refractivity contribution is -0.157. The van der Waals surface area contributed by atoms with Gasteiger partial charge in [-0.15, -0.1) is 0 Å². The molecular formula is C19H28N4O5. The Morgan fingerprint density at radius 1 is 1.36 bits per heavy atom. The predicted octanol–water partition coefficient (Wildman–Crippen LogP) is 1.85. The van der Waals surface area contributed by atoms with Crippen LogP contribution in [0.4, 0.5) is 4.79 Å². The minimum Gasteiger partial charge on any atom is -0.464 e. The molecule has 1 aliphatic heterocycles. The molecule has 9 nitrogen and oxygen atoms in total. The molecule has 1 aromatic rings. The molecule has 1 aromatic heterocycles. The maximum atomic E-state index is 13.1. The maximum absolute atomic E-state index is 13.1. The van der Waals surface area contributed by atoms with Gasteiger partial charge in [-0.25, -0.2) is 9.59 Å². The topological polar surface area (TPSA) is 114 Å². The Labute approximate surface area is 164 Å². The Bertz CT molecular complexity index is 763. The summed E-state index contributed by atoms with van der Waals surface area (Å²) in [7, 11) is 0. The highest BCUT2D eigenvalue weighted by Crippen LogP contribution is 2.35. The van der Waals surface area contributed by atoms with Gasteiger partial charge in [0.25, 0.3) is 0 Å². The van der Waals surface area contributed by atoms with Gasteiger partial charge in [-0.3, -0.25) is 9.89 Å². The lowest BCUT2D eigenvalue weighted by Gasteiger charge is -2.41. The smallest absolute Gasteiger partial charge is 0.410 e. The molecular weight excluding hydrogens is 364 g/mol. The van der Waals surface area contributed by atoms with E-state index in [-0.39, 0.29) is 19.1 Å². The van der Waals surface area contributed by atoms with Gasteiger partial charge >= 0.3 is 12.1 Å². The van der Waals surface area contributed by atoms with Crippen molar-refractivity contribution in [3.8, 4) is 0 Å². The number of ether oxygens (including phenoxy) is 2. The lowest BCUT2D eigenvalue weighted by Crippen LogP contribution is -2.61. The molecule has 2 heterocycles. The normalized spacial score (nSPS) is 20.6. The van der Waals surface area contributed by atoms with Crippen LogP contribution in [0, 0.1) is 0 Å². The Kier molecular flexibility index (Phi) is 5.36. The Balaban J connectivity index is 1.77. The van der Waals surface area contributed by atoms with Crippen molar-refractivity contribution in [2.24, 2.45) is 0 Å². The molecule has 1 saturated carbocycles. The molecule has 0 radical (unpaired) electrons. The number of amides is 2. The van der Waals surface area contributed by atoms with Gasteiger partial charge in [0, 0.05) is 18.3 Å². The molecule has 28 heavy (non-hydrogen) atoms. The van der Waals surface area contributed by atoms with E-state index in [1.165, 1.54) is 4.90 Å². The monoisotopic (exact) mass is 392 g/mol. The van der Waals surface area contributed by atoms with Gasteiger partial charge in [-0.1, -0.05) is 0 Å². The first kappa shape index (κ1) is 20.2. The van der Waals surface area contributed by atoms with Crippen LogP contribution in [0.5, 0.6) is 0 Å². The summed E-state index contributed by atoms with van der Waals surface area (Å²) >= 11 is 0. The van der Waals surface area contributed by atoms with Crippen molar-refractivity contribution < 1.29 is 23.9 Å². The van der Waals surface area contributed by atoms with Crippen LogP contribution in [0.25, 0.3) is 0 Å². The van der Waals surface area contributed by atoms with E-state index in [0.29, 0.717) is 25.1 Å². The zero-order valence-corrected chi connectivity index (χ0v) is 16.8. The molecule has 1 fully saturated rings. The van der Waals surface area contributed by atoms with E-state index in [9.17, 15) is 14.4 Å². The fourth-order valence-corrected chi connectivity index (χ4v) is 3.51. The molecule has 1 aliphatic carbocycles. The molecule has 2 amide bonds. The van der Waals surface area contributed by atoms with Crippen LogP contribution in [0.2, 0.25) is 0 Å². The molecule has 3 rings (SSSR count). The summed E-state index contributed by atoms with van der Waals surface area (Å²) in [6.45, 7) is 7.83. The number of hydrogen-bond acceptors (Lipinski definition) is 6. The fraction of sp³-hybridized carbons (Fsp3) is 0.684. The van der Waals surface area contributed by atoms with Crippen molar-refractivity contribution in [1.82, 2.24) is 20.4 Å². The summed E-state index contributed by atoms with van der Waals surface area (Å²) in [6, 6.07) is 0. The number of H-pyrrole nitrogens is 1. The fourth-order valence-electron chi connectivity index (χ4n) is 3.51. The van der Waals surface area contributed by atoms with Crippen LogP contribution < -0.4 is 5.32 Å². The summed E-state index contributed by atoms with van der Waals surface area (Å²) in [4.78, 5) is 39.4. The number of nitrogens with one attached hydrogen (secondary N) is 2. The van der Waals surface area contributed by atoms with Crippen molar-refractivity contribution in [2.75, 3.05) is 13.2 Å². The van der Waals surface area contributed by atoms with Crippen molar-refractivity contribution in [3.05, 3.63) is 17.5 Å². The number of hydrogen-bond donors (Lipinski definition) is 2. The summed E-state index contributed by atoms with van der Waals surface area (Å²) in [5.74, 6) is -1.43. The van der Waals surface area contributed by atoms with Gasteiger partial charge in [0.15, 0.2) is 0 Å². The van der Waals surface area contributed by atoms with Crippen LogP contribution in [0.3, 0.4) is 0 Å². The molecule has 1 atom stereocenters. The van der Waals surface area contributed by atoms with Gasteiger partial charge in [0.1, 0.15) is 17.1 Å². The van der Waals surface area contributed by atoms with Crippen molar-refractivity contribution in [1.29, 1.82) is 0 Å². The third kappa shape index (κ3) is 3.98. The number of rotatable bonds is 4. The first-order valence-corrected chi connectivity index (χ1v) is 9.65. The average Bonchev–Trinajstić information content (AvgIpc) is 3.04.